The van der Waals surface area contributed by atoms with Crippen LogP contribution in [-0.2, 0) is 0 Å². The Morgan fingerprint density at radius 3 is 1.90 bits per heavy atom. The molecule has 0 amide bonds. The van der Waals surface area contributed by atoms with Crippen molar-refractivity contribution >= 4 is 10.9 Å². The lowest BCUT2D eigenvalue weighted by Crippen LogP contribution is -1.86. The fraction of sp³-hybridized carbons (Fsp3) is 0.300. The van der Waals surface area contributed by atoms with E-state index in [0.717, 1.165) is 0 Å². The second-order valence-electron chi connectivity index (χ2n) is 5.56. The number of aryl methyl sites for hydroxylation is 4. The third kappa shape index (κ3) is 4.22. The summed E-state index contributed by atoms with van der Waals surface area (Å²) in [5, 5.41) is 1.29. The van der Waals surface area contributed by atoms with Gasteiger partial charge in [0.25, 0.3) is 0 Å². The van der Waals surface area contributed by atoms with Crippen molar-refractivity contribution in [2.75, 3.05) is 0 Å². The minimum atomic E-state index is 0. The number of hydrogen-bond acceptors (Lipinski definition) is 0. The molecular weight excluding hydrogens is 254 g/mol. The third-order valence-corrected chi connectivity index (χ3v) is 3.74. The number of rotatable bonds is 0. The van der Waals surface area contributed by atoms with Crippen molar-refractivity contribution in [2.45, 2.75) is 42.0 Å². The summed E-state index contributed by atoms with van der Waals surface area (Å²) in [5.74, 6) is 0. The number of H-pyrrole nitrogens is 1. The summed E-state index contributed by atoms with van der Waals surface area (Å²) in [6.45, 7) is 10.7. The summed E-state index contributed by atoms with van der Waals surface area (Å²) in [7, 11) is 0. The van der Waals surface area contributed by atoms with Crippen molar-refractivity contribution in [3.8, 4) is 0 Å². The predicted molar refractivity (Wildman–Crippen MR) is 95.2 cm³/mol. The van der Waals surface area contributed by atoms with Crippen molar-refractivity contribution in [1.29, 1.82) is 0 Å². The lowest BCUT2D eigenvalue weighted by Gasteiger charge is -2.04. The normalized spacial score (nSPS) is 9.76. The van der Waals surface area contributed by atoms with Crippen molar-refractivity contribution < 1.29 is 0 Å². The van der Waals surface area contributed by atoms with E-state index < -0.39 is 0 Å². The van der Waals surface area contributed by atoms with Crippen molar-refractivity contribution in [2.24, 2.45) is 0 Å². The molecule has 0 fully saturated rings. The molecule has 1 aromatic heterocycles. The second-order valence-corrected chi connectivity index (χ2v) is 5.56. The highest BCUT2D eigenvalue weighted by molar-refractivity contribution is 5.79. The first-order chi connectivity index (χ1) is 9.47. The lowest BCUT2D eigenvalue weighted by atomic mass is 10.0. The molecule has 1 heteroatoms. The number of benzene rings is 2. The Morgan fingerprint density at radius 2 is 1.33 bits per heavy atom. The monoisotopic (exact) mass is 281 g/mol. The van der Waals surface area contributed by atoms with E-state index in [1.807, 2.05) is 6.07 Å². The van der Waals surface area contributed by atoms with Crippen LogP contribution in [0.25, 0.3) is 10.9 Å². The maximum atomic E-state index is 3.26. The molecule has 0 aliphatic heterocycles. The summed E-state index contributed by atoms with van der Waals surface area (Å²) in [6, 6.07) is 14.9. The van der Waals surface area contributed by atoms with Gasteiger partial charge in [-0.15, -0.1) is 0 Å². The standard InChI is InChI=1S/C10H14.C9H9N.CH4/c1-7-5-8(2)10(4)9(3)6-7;1-7-6-8-4-2-3-5-9(8)10-7;/h5-6H,1-4H3;2-6,10H,1H3;1H4. The van der Waals surface area contributed by atoms with Gasteiger partial charge in [-0.1, -0.05) is 43.3 Å². The summed E-state index contributed by atoms with van der Waals surface area (Å²) in [6.07, 6.45) is 0. The minimum Gasteiger partial charge on any atom is -0.359 e. The number of nitrogens with one attached hydrogen (secondary N) is 1. The van der Waals surface area contributed by atoms with Crippen molar-refractivity contribution in [3.05, 3.63) is 70.4 Å². The van der Waals surface area contributed by atoms with Crippen LogP contribution in [0.1, 0.15) is 35.4 Å². The highest BCUT2D eigenvalue weighted by Gasteiger charge is 1.96. The molecule has 0 unspecified atom stereocenters. The quantitative estimate of drug-likeness (QED) is 0.517. The van der Waals surface area contributed by atoms with Crippen LogP contribution >= 0.6 is 0 Å². The molecule has 1 heterocycles. The molecule has 3 aromatic rings. The van der Waals surface area contributed by atoms with Gasteiger partial charge in [0.15, 0.2) is 0 Å². The Morgan fingerprint density at radius 1 is 0.762 bits per heavy atom. The van der Waals surface area contributed by atoms with Gasteiger partial charge in [-0.3, -0.25) is 0 Å². The predicted octanol–water partition coefficient (Wildman–Crippen LogP) is 6.03. The van der Waals surface area contributed by atoms with Crippen LogP contribution < -0.4 is 0 Å². The molecule has 0 aliphatic carbocycles. The van der Waals surface area contributed by atoms with Crippen LogP contribution in [-0.4, -0.2) is 4.98 Å². The maximum absolute atomic E-state index is 3.26. The molecule has 2 aromatic carbocycles. The van der Waals surface area contributed by atoms with Gasteiger partial charge >= 0.3 is 0 Å². The molecule has 1 N–H and O–H groups in total. The molecule has 1 nitrogen and oxygen atoms in total. The van der Waals surface area contributed by atoms with Gasteiger partial charge in [0.1, 0.15) is 0 Å². The van der Waals surface area contributed by atoms with E-state index in [2.05, 4.69) is 76.0 Å². The smallest absolute Gasteiger partial charge is 0.0455 e. The number of aromatic amines is 1. The zero-order valence-corrected chi connectivity index (χ0v) is 13.0. The van der Waals surface area contributed by atoms with Crippen molar-refractivity contribution in [1.82, 2.24) is 4.98 Å². The van der Waals surface area contributed by atoms with E-state index in [0.29, 0.717) is 0 Å². The van der Waals surface area contributed by atoms with Gasteiger partial charge in [-0.25, -0.2) is 0 Å². The molecule has 0 bridgehead atoms. The fourth-order valence-electron chi connectivity index (χ4n) is 2.47. The van der Waals surface area contributed by atoms with Gasteiger partial charge in [0.2, 0.25) is 0 Å². The number of fused-ring (bicyclic) bond motifs is 1. The van der Waals surface area contributed by atoms with Crippen LogP contribution in [0.4, 0.5) is 0 Å². The summed E-state index contributed by atoms with van der Waals surface area (Å²) in [5.41, 5.74) is 8.03. The van der Waals surface area contributed by atoms with Gasteiger partial charge < -0.3 is 4.98 Å². The minimum absolute atomic E-state index is 0. The summed E-state index contributed by atoms with van der Waals surface area (Å²) in [4.78, 5) is 3.26. The Bertz CT molecular complexity index is 664. The van der Waals surface area contributed by atoms with E-state index >= 15 is 0 Å². The van der Waals surface area contributed by atoms with Gasteiger partial charge in [0, 0.05) is 11.2 Å². The number of aromatic nitrogens is 1. The summed E-state index contributed by atoms with van der Waals surface area (Å²) >= 11 is 0. The molecular formula is C20H27N. The highest BCUT2D eigenvalue weighted by atomic mass is 14.7. The lowest BCUT2D eigenvalue weighted by molar-refractivity contribution is 1.23. The Labute approximate surface area is 129 Å². The maximum Gasteiger partial charge on any atom is 0.0455 e. The average molecular weight is 281 g/mol. The zero-order chi connectivity index (χ0) is 14.7. The first-order valence-corrected chi connectivity index (χ1v) is 7.06. The zero-order valence-electron chi connectivity index (χ0n) is 13.0. The topological polar surface area (TPSA) is 15.8 Å². The third-order valence-electron chi connectivity index (χ3n) is 3.74. The number of hydrogen-bond donors (Lipinski definition) is 1. The van der Waals surface area contributed by atoms with Crippen LogP contribution in [0.3, 0.4) is 0 Å². The number of para-hydroxylation sites is 1. The van der Waals surface area contributed by atoms with Crippen molar-refractivity contribution in [3.63, 3.8) is 0 Å². The van der Waals surface area contributed by atoms with Crippen LogP contribution in [0.15, 0.2) is 42.5 Å². The van der Waals surface area contributed by atoms with Gasteiger partial charge in [-0.05, 0) is 68.8 Å². The Kier molecular flexibility index (Phi) is 5.78. The fourth-order valence-corrected chi connectivity index (χ4v) is 2.47. The van der Waals surface area contributed by atoms with Crippen LogP contribution in [0.2, 0.25) is 0 Å². The largest absolute Gasteiger partial charge is 0.359 e. The molecule has 0 spiro atoms. The van der Waals surface area contributed by atoms with Crippen LogP contribution in [0, 0.1) is 34.6 Å². The van der Waals surface area contributed by atoms with E-state index in [1.54, 1.807) is 0 Å². The van der Waals surface area contributed by atoms with Gasteiger partial charge in [-0.2, -0.15) is 0 Å². The van der Waals surface area contributed by atoms with E-state index in [4.69, 9.17) is 0 Å². The van der Waals surface area contributed by atoms with E-state index in [9.17, 15) is 0 Å². The average Bonchev–Trinajstić information content (AvgIpc) is 2.76. The highest BCUT2D eigenvalue weighted by Crippen LogP contribution is 2.14. The van der Waals surface area contributed by atoms with E-state index in [1.165, 1.54) is 38.9 Å². The Balaban J connectivity index is 0.000000200. The first-order valence-electron chi connectivity index (χ1n) is 7.06. The SMILES string of the molecule is C.Cc1cc(C)c(C)c(C)c1.Cc1cc2ccccc2[nH]1. The molecule has 21 heavy (non-hydrogen) atoms. The molecule has 0 atom stereocenters. The van der Waals surface area contributed by atoms with Gasteiger partial charge in [0.05, 0.1) is 0 Å². The first kappa shape index (κ1) is 17.0. The molecule has 0 saturated heterocycles. The van der Waals surface area contributed by atoms with Crippen LogP contribution in [0.5, 0.6) is 0 Å². The van der Waals surface area contributed by atoms with E-state index in [-0.39, 0.29) is 7.43 Å². The molecule has 0 radical (unpaired) electrons. The molecule has 3 rings (SSSR count). The summed E-state index contributed by atoms with van der Waals surface area (Å²) < 4.78 is 0. The second kappa shape index (κ2) is 7.12. The molecule has 0 aliphatic rings. The molecule has 112 valence electrons. The Hall–Kier alpha value is -2.02. The molecule has 0 saturated carbocycles.